The van der Waals surface area contributed by atoms with Crippen molar-refractivity contribution in [2.24, 2.45) is 0 Å². The van der Waals surface area contributed by atoms with Crippen molar-refractivity contribution in [3.8, 4) is 0 Å². The number of para-hydroxylation sites is 1. The Kier molecular flexibility index (Phi) is 3.29. The largest absolute Gasteiger partial charge is 0.367 e. The van der Waals surface area contributed by atoms with Gasteiger partial charge in [0.15, 0.2) is 0 Å². The Bertz CT molecular complexity index is 769. The van der Waals surface area contributed by atoms with Crippen molar-refractivity contribution in [2.75, 3.05) is 10.2 Å². The number of anilines is 2. The third-order valence-corrected chi connectivity index (χ3v) is 4.41. The van der Waals surface area contributed by atoms with E-state index in [4.69, 9.17) is 0 Å². The van der Waals surface area contributed by atoms with Crippen LogP contribution in [0.4, 0.5) is 11.5 Å². The van der Waals surface area contributed by atoms with E-state index < -0.39 is 0 Å². The van der Waals surface area contributed by atoms with Gasteiger partial charge in [0, 0.05) is 23.8 Å². The average molecular weight is 308 g/mol. The molecule has 0 radical (unpaired) electrons. The predicted octanol–water partition coefficient (Wildman–Crippen LogP) is 2.95. The SMILES string of the molecule is Cc1nc(NC2CC2)cc(C(=O)N2c3ccccc3CC2C)n1. The molecule has 1 saturated carbocycles. The van der Waals surface area contributed by atoms with E-state index >= 15 is 0 Å². The lowest BCUT2D eigenvalue weighted by Gasteiger charge is -2.22. The third kappa shape index (κ3) is 2.67. The van der Waals surface area contributed by atoms with Crippen LogP contribution in [0.15, 0.2) is 30.3 Å². The van der Waals surface area contributed by atoms with Crippen molar-refractivity contribution >= 4 is 17.4 Å². The lowest BCUT2D eigenvalue weighted by molar-refractivity contribution is 0.0976. The Labute approximate surface area is 135 Å². The quantitative estimate of drug-likeness (QED) is 0.947. The van der Waals surface area contributed by atoms with Gasteiger partial charge < -0.3 is 10.2 Å². The van der Waals surface area contributed by atoms with Crippen LogP contribution in [-0.4, -0.2) is 28.0 Å². The summed E-state index contributed by atoms with van der Waals surface area (Å²) in [7, 11) is 0. The van der Waals surface area contributed by atoms with E-state index in [0.29, 0.717) is 17.6 Å². The van der Waals surface area contributed by atoms with Gasteiger partial charge in [-0.25, -0.2) is 9.97 Å². The van der Waals surface area contributed by atoms with Crippen LogP contribution in [0.25, 0.3) is 0 Å². The Morgan fingerprint density at radius 1 is 1.26 bits per heavy atom. The first-order valence-electron chi connectivity index (χ1n) is 8.15. The summed E-state index contributed by atoms with van der Waals surface area (Å²) in [6.07, 6.45) is 3.23. The van der Waals surface area contributed by atoms with Crippen molar-refractivity contribution in [1.29, 1.82) is 0 Å². The van der Waals surface area contributed by atoms with E-state index in [9.17, 15) is 4.79 Å². The van der Waals surface area contributed by atoms with Crippen molar-refractivity contribution < 1.29 is 4.79 Å². The maximum Gasteiger partial charge on any atom is 0.277 e. The second kappa shape index (κ2) is 5.33. The monoisotopic (exact) mass is 308 g/mol. The summed E-state index contributed by atoms with van der Waals surface area (Å²) in [6, 6.07) is 10.5. The van der Waals surface area contributed by atoms with Crippen LogP contribution in [0.2, 0.25) is 0 Å². The van der Waals surface area contributed by atoms with Gasteiger partial charge >= 0.3 is 0 Å². The number of carbonyl (C=O) groups is 1. The zero-order chi connectivity index (χ0) is 16.0. The van der Waals surface area contributed by atoms with E-state index in [1.54, 1.807) is 6.07 Å². The topological polar surface area (TPSA) is 58.1 Å². The molecule has 1 aliphatic carbocycles. The molecule has 118 valence electrons. The number of amides is 1. The molecule has 2 aliphatic rings. The molecule has 2 aromatic rings. The van der Waals surface area contributed by atoms with Crippen molar-refractivity contribution in [3.05, 3.63) is 47.4 Å². The molecule has 1 atom stereocenters. The Morgan fingerprint density at radius 2 is 2.04 bits per heavy atom. The van der Waals surface area contributed by atoms with Gasteiger partial charge in [0.05, 0.1) is 0 Å². The lowest BCUT2D eigenvalue weighted by Crippen LogP contribution is -2.36. The zero-order valence-electron chi connectivity index (χ0n) is 13.4. The molecule has 23 heavy (non-hydrogen) atoms. The number of carbonyl (C=O) groups excluding carboxylic acids is 1. The van der Waals surface area contributed by atoms with Crippen LogP contribution in [0, 0.1) is 6.92 Å². The normalized spacial score (nSPS) is 19.6. The number of rotatable bonds is 3. The maximum absolute atomic E-state index is 13.0. The van der Waals surface area contributed by atoms with Crippen LogP contribution < -0.4 is 10.2 Å². The lowest BCUT2D eigenvalue weighted by atomic mass is 10.1. The van der Waals surface area contributed by atoms with Crippen molar-refractivity contribution in [3.63, 3.8) is 0 Å². The molecule has 0 saturated heterocycles. The molecular weight excluding hydrogens is 288 g/mol. The van der Waals surface area contributed by atoms with Crippen LogP contribution in [0.5, 0.6) is 0 Å². The fourth-order valence-electron chi connectivity index (χ4n) is 3.19. The highest BCUT2D eigenvalue weighted by Gasteiger charge is 2.32. The molecule has 1 aromatic carbocycles. The van der Waals surface area contributed by atoms with Crippen molar-refractivity contribution in [2.45, 2.75) is 45.2 Å². The fourth-order valence-corrected chi connectivity index (χ4v) is 3.19. The number of nitrogens with zero attached hydrogens (tertiary/aromatic N) is 3. The second-order valence-electron chi connectivity index (χ2n) is 6.46. The fraction of sp³-hybridized carbons (Fsp3) is 0.389. The number of fused-ring (bicyclic) bond motifs is 1. The van der Waals surface area contributed by atoms with Gasteiger partial charge in [-0.3, -0.25) is 4.79 Å². The van der Waals surface area contributed by atoms with E-state index in [-0.39, 0.29) is 11.9 Å². The zero-order valence-corrected chi connectivity index (χ0v) is 13.4. The smallest absolute Gasteiger partial charge is 0.277 e. The Hall–Kier alpha value is -2.43. The van der Waals surface area contributed by atoms with E-state index in [1.165, 1.54) is 18.4 Å². The summed E-state index contributed by atoms with van der Waals surface area (Å²) in [4.78, 5) is 23.7. The minimum absolute atomic E-state index is 0.0493. The summed E-state index contributed by atoms with van der Waals surface area (Å²) in [6.45, 7) is 3.91. The molecule has 1 N–H and O–H groups in total. The standard InChI is InChI=1S/C18H20N4O/c1-11-9-13-5-3-4-6-16(13)22(11)18(23)15-10-17(20-12(2)19-15)21-14-7-8-14/h3-6,10-11,14H,7-9H2,1-2H3,(H,19,20,21). The molecule has 0 spiro atoms. The molecule has 1 amide bonds. The van der Waals surface area contributed by atoms with Gasteiger partial charge in [0.25, 0.3) is 5.91 Å². The van der Waals surface area contributed by atoms with Gasteiger partial charge in [-0.15, -0.1) is 0 Å². The Balaban J connectivity index is 1.67. The molecular formula is C18H20N4O. The highest BCUT2D eigenvalue weighted by Crippen LogP contribution is 2.33. The predicted molar refractivity (Wildman–Crippen MR) is 89.8 cm³/mol. The van der Waals surface area contributed by atoms with Crippen LogP contribution in [-0.2, 0) is 6.42 Å². The number of hydrogen-bond acceptors (Lipinski definition) is 4. The van der Waals surface area contributed by atoms with E-state index in [2.05, 4.69) is 28.3 Å². The molecule has 1 unspecified atom stereocenters. The van der Waals surface area contributed by atoms with Gasteiger partial charge in [-0.2, -0.15) is 0 Å². The summed E-state index contributed by atoms with van der Waals surface area (Å²) in [5.41, 5.74) is 2.68. The number of benzene rings is 1. The van der Waals surface area contributed by atoms with E-state index in [0.717, 1.165) is 17.9 Å². The minimum atomic E-state index is -0.0493. The van der Waals surface area contributed by atoms with Gasteiger partial charge in [0.1, 0.15) is 17.3 Å². The molecule has 1 aromatic heterocycles. The summed E-state index contributed by atoms with van der Waals surface area (Å²) in [5, 5.41) is 3.35. The average Bonchev–Trinajstić information content (AvgIpc) is 3.26. The second-order valence-corrected chi connectivity index (χ2v) is 6.46. The molecule has 5 heteroatoms. The molecule has 4 rings (SSSR count). The van der Waals surface area contributed by atoms with Gasteiger partial charge in [-0.05, 0) is 44.7 Å². The van der Waals surface area contributed by atoms with Gasteiger partial charge in [-0.1, -0.05) is 18.2 Å². The maximum atomic E-state index is 13.0. The van der Waals surface area contributed by atoms with Crippen LogP contribution >= 0.6 is 0 Å². The Morgan fingerprint density at radius 3 is 2.83 bits per heavy atom. The van der Waals surface area contributed by atoms with Crippen molar-refractivity contribution in [1.82, 2.24) is 9.97 Å². The summed E-state index contributed by atoms with van der Waals surface area (Å²) in [5.74, 6) is 1.33. The van der Waals surface area contributed by atoms with Crippen LogP contribution in [0.3, 0.4) is 0 Å². The van der Waals surface area contributed by atoms with Gasteiger partial charge in [0.2, 0.25) is 0 Å². The van der Waals surface area contributed by atoms with Crippen LogP contribution in [0.1, 0.15) is 41.6 Å². The minimum Gasteiger partial charge on any atom is -0.367 e. The molecule has 1 fully saturated rings. The first-order valence-corrected chi connectivity index (χ1v) is 8.15. The summed E-state index contributed by atoms with van der Waals surface area (Å²) < 4.78 is 0. The molecule has 0 bridgehead atoms. The number of aromatic nitrogens is 2. The molecule has 1 aliphatic heterocycles. The number of aryl methyl sites for hydroxylation is 1. The highest BCUT2D eigenvalue weighted by molar-refractivity contribution is 6.06. The molecule has 5 nitrogen and oxygen atoms in total. The first-order chi connectivity index (χ1) is 11.1. The third-order valence-electron chi connectivity index (χ3n) is 4.41. The molecule has 2 heterocycles. The first kappa shape index (κ1) is 14.2. The summed E-state index contributed by atoms with van der Waals surface area (Å²) >= 11 is 0. The highest BCUT2D eigenvalue weighted by atomic mass is 16.2. The van der Waals surface area contributed by atoms with E-state index in [1.807, 2.05) is 30.0 Å². The number of nitrogens with one attached hydrogen (secondary N) is 1. The number of hydrogen-bond donors (Lipinski definition) is 1.